The third-order valence-corrected chi connectivity index (χ3v) is 2.71. The fraction of sp³-hybridized carbons (Fsp3) is 0. The monoisotopic (exact) mass is 287 g/mol. The summed E-state index contributed by atoms with van der Waals surface area (Å²) in [5.41, 5.74) is 0.430. The van der Waals surface area contributed by atoms with E-state index in [-0.39, 0.29) is 16.7 Å². The van der Waals surface area contributed by atoms with Gasteiger partial charge in [-0.3, -0.25) is 4.99 Å². The van der Waals surface area contributed by atoms with Gasteiger partial charge in [0.2, 0.25) is 0 Å². The van der Waals surface area contributed by atoms with Crippen LogP contribution in [0.15, 0.2) is 47.5 Å². The van der Waals surface area contributed by atoms with Gasteiger partial charge in [0.05, 0.1) is 16.8 Å². The molecule has 106 valence electrons. The van der Waals surface area contributed by atoms with Gasteiger partial charge in [0, 0.05) is 11.8 Å². The van der Waals surface area contributed by atoms with E-state index in [1.54, 1.807) is 0 Å². The zero-order valence-electron chi connectivity index (χ0n) is 10.7. The van der Waals surface area contributed by atoms with Crippen molar-refractivity contribution in [2.24, 2.45) is 4.99 Å². The normalized spacial score (nSPS) is 10.7. The molecule has 2 N–H and O–H groups in total. The first-order valence-electron chi connectivity index (χ1n) is 5.87. The van der Waals surface area contributed by atoms with Crippen LogP contribution in [0, 0.1) is 5.82 Å². The SMILES string of the molecule is O=C(O)c1ccc(/C=N/c2ccc(F)cc2)c(C(=O)O)c1. The van der Waals surface area contributed by atoms with Crippen LogP contribution < -0.4 is 0 Å². The van der Waals surface area contributed by atoms with Crippen LogP contribution in [0.3, 0.4) is 0 Å². The topological polar surface area (TPSA) is 87.0 Å². The molecule has 0 amide bonds. The maximum absolute atomic E-state index is 12.8. The summed E-state index contributed by atoms with van der Waals surface area (Å²) in [6.45, 7) is 0. The fourth-order valence-corrected chi connectivity index (χ4v) is 1.66. The average molecular weight is 287 g/mol. The summed E-state index contributed by atoms with van der Waals surface area (Å²) in [6.07, 6.45) is 1.29. The van der Waals surface area contributed by atoms with Gasteiger partial charge in [-0.15, -0.1) is 0 Å². The van der Waals surface area contributed by atoms with E-state index in [4.69, 9.17) is 10.2 Å². The molecular formula is C15H10FNO4. The van der Waals surface area contributed by atoms with Gasteiger partial charge in [-0.1, -0.05) is 6.07 Å². The Labute approximate surface area is 119 Å². The van der Waals surface area contributed by atoms with Gasteiger partial charge in [-0.2, -0.15) is 0 Å². The van der Waals surface area contributed by atoms with E-state index in [0.29, 0.717) is 5.69 Å². The Balaban J connectivity index is 2.37. The van der Waals surface area contributed by atoms with Gasteiger partial charge < -0.3 is 10.2 Å². The number of aromatic carboxylic acids is 2. The van der Waals surface area contributed by atoms with E-state index >= 15 is 0 Å². The number of aliphatic imine (C=N–C) groups is 1. The first kappa shape index (κ1) is 14.4. The van der Waals surface area contributed by atoms with E-state index in [9.17, 15) is 14.0 Å². The second kappa shape index (κ2) is 5.96. The van der Waals surface area contributed by atoms with Crippen LogP contribution in [-0.2, 0) is 0 Å². The van der Waals surface area contributed by atoms with Crippen molar-refractivity contribution in [1.82, 2.24) is 0 Å². The summed E-state index contributed by atoms with van der Waals surface area (Å²) in [6, 6.07) is 9.07. The smallest absolute Gasteiger partial charge is 0.336 e. The van der Waals surface area contributed by atoms with E-state index in [1.807, 2.05) is 0 Å². The maximum Gasteiger partial charge on any atom is 0.336 e. The van der Waals surface area contributed by atoms with Crippen molar-refractivity contribution in [1.29, 1.82) is 0 Å². The van der Waals surface area contributed by atoms with Crippen molar-refractivity contribution in [3.05, 3.63) is 65.0 Å². The molecule has 0 atom stereocenters. The molecule has 21 heavy (non-hydrogen) atoms. The third-order valence-electron chi connectivity index (χ3n) is 2.71. The van der Waals surface area contributed by atoms with E-state index < -0.39 is 17.8 Å². The van der Waals surface area contributed by atoms with E-state index in [0.717, 1.165) is 6.07 Å². The van der Waals surface area contributed by atoms with Gasteiger partial charge >= 0.3 is 11.9 Å². The Hall–Kier alpha value is -3.02. The fourth-order valence-electron chi connectivity index (χ4n) is 1.66. The van der Waals surface area contributed by atoms with Crippen molar-refractivity contribution in [3.8, 4) is 0 Å². The zero-order chi connectivity index (χ0) is 15.4. The highest BCUT2D eigenvalue weighted by Gasteiger charge is 2.12. The predicted octanol–water partition coefficient (Wildman–Crippen LogP) is 2.97. The van der Waals surface area contributed by atoms with Crippen LogP contribution in [0.4, 0.5) is 10.1 Å². The molecular weight excluding hydrogens is 277 g/mol. The van der Waals surface area contributed by atoms with E-state index in [2.05, 4.69) is 4.99 Å². The Morgan fingerprint density at radius 1 is 1.00 bits per heavy atom. The van der Waals surface area contributed by atoms with Crippen molar-refractivity contribution < 1.29 is 24.2 Å². The number of rotatable bonds is 4. The zero-order valence-corrected chi connectivity index (χ0v) is 10.7. The number of halogens is 1. The number of carboxylic acids is 2. The number of hydrogen-bond donors (Lipinski definition) is 2. The summed E-state index contributed by atoms with van der Waals surface area (Å²) < 4.78 is 12.8. The third kappa shape index (κ3) is 3.50. The lowest BCUT2D eigenvalue weighted by Crippen LogP contribution is -2.05. The van der Waals surface area contributed by atoms with Gasteiger partial charge in [0.25, 0.3) is 0 Å². The molecule has 0 aliphatic heterocycles. The Morgan fingerprint density at radius 2 is 1.67 bits per heavy atom. The molecule has 0 saturated carbocycles. The maximum atomic E-state index is 12.8. The second-order valence-electron chi connectivity index (χ2n) is 4.15. The summed E-state index contributed by atoms with van der Waals surface area (Å²) in [5, 5.41) is 18.0. The molecule has 0 saturated heterocycles. The van der Waals surface area contributed by atoms with Crippen LogP contribution in [0.25, 0.3) is 0 Å². The predicted molar refractivity (Wildman–Crippen MR) is 74.0 cm³/mol. The molecule has 0 spiro atoms. The van der Waals surface area contributed by atoms with E-state index in [1.165, 1.54) is 42.6 Å². The number of carbonyl (C=O) groups is 2. The molecule has 0 heterocycles. The summed E-state index contributed by atoms with van der Waals surface area (Å²) in [4.78, 5) is 26.0. The number of benzene rings is 2. The van der Waals surface area contributed by atoms with Gasteiger partial charge in [-0.25, -0.2) is 14.0 Å². The number of hydrogen-bond acceptors (Lipinski definition) is 3. The molecule has 0 radical (unpaired) electrons. The summed E-state index contributed by atoms with van der Waals surface area (Å²) in [5.74, 6) is -2.86. The lowest BCUT2D eigenvalue weighted by Gasteiger charge is -2.02. The highest BCUT2D eigenvalue weighted by atomic mass is 19.1. The first-order chi connectivity index (χ1) is 9.97. The molecule has 2 aromatic carbocycles. The molecule has 5 nitrogen and oxygen atoms in total. The van der Waals surface area contributed by atoms with Gasteiger partial charge in [0.1, 0.15) is 5.82 Å². The standard InChI is InChI=1S/C15H10FNO4/c16-11-3-5-12(6-4-11)17-8-10-2-1-9(14(18)19)7-13(10)15(20)21/h1-8H,(H,18,19)(H,20,21)/b17-8+. The highest BCUT2D eigenvalue weighted by Crippen LogP contribution is 2.15. The molecule has 0 bridgehead atoms. The molecule has 0 aliphatic rings. The minimum absolute atomic E-state index is 0.119. The molecule has 2 rings (SSSR count). The van der Waals surface area contributed by atoms with Crippen molar-refractivity contribution >= 4 is 23.8 Å². The van der Waals surface area contributed by atoms with Crippen LogP contribution in [-0.4, -0.2) is 28.4 Å². The van der Waals surface area contributed by atoms with Crippen molar-refractivity contribution in [2.45, 2.75) is 0 Å². The van der Waals surface area contributed by atoms with Crippen LogP contribution >= 0.6 is 0 Å². The number of carboxylic acid groups (broad SMARTS) is 2. The Bertz CT molecular complexity index is 723. The lowest BCUT2D eigenvalue weighted by atomic mass is 10.0. The van der Waals surface area contributed by atoms with Crippen molar-refractivity contribution in [3.63, 3.8) is 0 Å². The summed E-state index contributed by atoms with van der Waals surface area (Å²) in [7, 11) is 0. The largest absolute Gasteiger partial charge is 0.478 e. The molecule has 0 fully saturated rings. The quantitative estimate of drug-likeness (QED) is 0.846. The molecule has 6 heteroatoms. The summed E-state index contributed by atoms with van der Waals surface area (Å²) >= 11 is 0. The van der Waals surface area contributed by atoms with Crippen LogP contribution in [0.1, 0.15) is 26.3 Å². The molecule has 0 unspecified atom stereocenters. The number of nitrogens with zero attached hydrogens (tertiary/aromatic N) is 1. The van der Waals surface area contributed by atoms with Gasteiger partial charge in [-0.05, 0) is 36.4 Å². The average Bonchev–Trinajstić information content (AvgIpc) is 2.46. The highest BCUT2D eigenvalue weighted by molar-refractivity contribution is 6.01. The molecule has 2 aromatic rings. The van der Waals surface area contributed by atoms with Gasteiger partial charge in [0.15, 0.2) is 0 Å². The minimum atomic E-state index is -1.25. The Morgan fingerprint density at radius 3 is 2.24 bits per heavy atom. The minimum Gasteiger partial charge on any atom is -0.478 e. The van der Waals surface area contributed by atoms with Crippen LogP contribution in [0.5, 0.6) is 0 Å². The van der Waals surface area contributed by atoms with Crippen molar-refractivity contribution in [2.75, 3.05) is 0 Å². The molecule has 0 aromatic heterocycles. The van der Waals surface area contributed by atoms with Crippen LogP contribution in [0.2, 0.25) is 0 Å². The first-order valence-corrected chi connectivity index (χ1v) is 5.87. The second-order valence-corrected chi connectivity index (χ2v) is 4.15. The Kier molecular flexibility index (Phi) is 4.08. The molecule has 0 aliphatic carbocycles. The lowest BCUT2D eigenvalue weighted by molar-refractivity contribution is 0.0695.